The van der Waals surface area contributed by atoms with Crippen LogP contribution in [0.15, 0.2) is 40.9 Å². The Balaban J connectivity index is 2.27. The van der Waals surface area contributed by atoms with Gasteiger partial charge in [0.25, 0.3) is 5.91 Å². The van der Waals surface area contributed by atoms with Gasteiger partial charge in [0.15, 0.2) is 11.4 Å². The van der Waals surface area contributed by atoms with E-state index in [1.54, 1.807) is 38.1 Å². The summed E-state index contributed by atoms with van der Waals surface area (Å²) in [6.07, 6.45) is 0. The molecular formula is C18H17BrClNO5. The van der Waals surface area contributed by atoms with E-state index >= 15 is 0 Å². The van der Waals surface area contributed by atoms with E-state index in [2.05, 4.69) is 21.2 Å². The average Bonchev–Trinajstić information content (AvgIpc) is 2.56. The van der Waals surface area contributed by atoms with Gasteiger partial charge in [-0.25, -0.2) is 4.79 Å². The number of hydrogen-bond donors (Lipinski definition) is 2. The molecule has 0 spiro atoms. The zero-order chi connectivity index (χ0) is 19.5. The zero-order valence-electron chi connectivity index (χ0n) is 14.3. The lowest BCUT2D eigenvalue weighted by Gasteiger charge is -2.26. The fourth-order valence-corrected chi connectivity index (χ4v) is 2.69. The summed E-state index contributed by atoms with van der Waals surface area (Å²) in [4.78, 5) is 23.9. The van der Waals surface area contributed by atoms with Crippen molar-refractivity contribution in [2.24, 2.45) is 0 Å². The molecule has 0 saturated carbocycles. The standard InChI is InChI=1S/C18H17BrClNO5/c1-18(2,26-12-6-4-11(19)5-7-12)17(24)21-14-9-10(16(22)23)8-13(20)15(14)25-3/h4-9H,1-3H3,(H,21,24)(H,22,23). The second-order valence-electron chi connectivity index (χ2n) is 5.86. The summed E-state index contributed by atoms with van der Waals surface area (Å²) >= 11 is 9.38. The number of amides is 1. The number of hydrogen-bond acceptors (Lipinski definition) is 4. The predicted molar refractivity (Wildman–Crippen MR) is 102 cm³/mol. The lowest BCUT2D eigenvalue weighted by molar-refractivity contribution is -0.128. The SMILES string of the molecule is COc1c(Cl)cc(C(=O)O)cc1NC(=O)C(C)(C)Oc1ccc(Br)cc1. The van der Waals surface area contributed by atoms with Crippen LogP contribution in [-0.2, 0) is 4.79 Å². The molecule has 138 valence electrons. The lowest BCUT2D eigenvalue weighted by atomic mass is 10.1. The van der Waals surface area contributed by atoms with Gasteiger partial charge in [0.05, 0.1) is 23.4 Å². The Morgan fingerprint density at radius 1 is 1.19 bits per heavy atom. The number of nitrogens with one attached hydrogen (secondary N) is 1. The molecule has 2 N–H and O–H groups in total. The number of methoxy groups -OCH3 is 1. The van der Waals surface area contributed by atoms with E-state index in [9.17, 15) is 9.59 Å². The highest BCUT2D eigenvalue weighted by Crippen LogP contribution is 2.35. The van der Waals surface area contributed by atoms with Gasteiger partial charge in [-0.3, -0.25) is 4.79 Å². The Kier molecular flexibility index (Phi) is 6.15. The Bertz CT molecular complexity index is 836. The minimum absolute atomic E-state index is 0.0715. The lowest BCUT2D eigenvalue weighted by Crippen LogP contribution is -2.42. The number of benzene rings is 2. The van der Waals surface area contributed by atoms with E-state index in [4.69, 9.17) is 26.2 Å². The quantitative estimate of drug-likeness (QED) is 0.683. The van der Waals surface area contributed by atoms with Crippen molar-refractivity contribution in [3.8, 4) is 11.5 Å². The number of anilines is 1. The first-order valence-corrected chi connectivity index (χ1v) is 8.68. The van der Waals surface area contributed by atoms with Crippen molar-refractivity contribution in [1.82, 2.24) is 0 Å². The molecule has 0 aromatic heterocycles. The topological polar surface area (TPSA) is 84.9 Å². The molecule has 2 aromatic rings. The monoisotopic (exact) mass is 441 g/mol. The van der Waals surface area contributed by atoms with E-state index in [-0.39, 0.29) is 22.0 Å². The summed E-state index contributed by atoms with van der Waals surface area (Å²) in [5.74, 6) is -0.977. The first kappa shape index (κ1) is 20.1. The highest BCUT2D eigenvalue weighted by molar-refractivity contribution is 9.10. The van der Waals surface area contributed by atoms with Crippen LogP contribution in [0.5, 0.6) is 11.5 Å². The molecule has 0 fully saturated rings. The summed E-state index contributed by atoms with van der Waals surface area (Å²) in [7, 11) is 1.38. The fourth-order valence-electron chi connectivity index (χ4n) is 2.13. The highest BCUT2D eigenvalue weighted by atomic mass is 79.9. The van der Waals surface area contributed by atoms with Crippen molar-refractivity contribution < 1.29 is 24.2 Å². The maximum absolute atomic E-state index is 12.7. The molecule has 0 heterocycles. The van der Waals surface area contributed by atoms with Crippen molar-refractivity contribution in [2.45, 2.75) is 19.4 Å². The molecule has 26 heavy (non-hydrogen) atoms. The van der Waals surface area contributed by atoms with Crippen molar-refractivity contribution in [1.29, 1.82) is 0 Å². The molecule has 8 heteroatoms. The Hall–Kier alpha value is -2.25. The molecule has 0 atom stereocenters. The Morgan fingerprint density at radius 2 is 1.81 bits per heavy atom. The van der Waals surface area contributed by atoms with Crippen LogP contribution < -0.4 is 14.8 Å². The van der Waals surface area contributed by atoms with Gasteiger partial charge in [-0.05, 0) is 50.2 Å². The number of carbonyl (C=O) groups excluding carboxylic acids is 1. The van der Waals surface area contributed by atoms with Crippen molar-refractivity contribution in [2.75, 3.05) is 12.4 Å². The molecule has 0 aliphatic rings. The molecule has 2 aromatic carbocycles. The maximum atomic E-state index is 12.7. The largest absolute Gasteiger partial charge is 0.493 e. The van der Waals surface area contributed by atoms with Crippen LogP contribution in [-0.4, -0.2) is 29.7 Å². The molecule has 2 rings (SSSR count). The van der Waals surface area contributed by atoms with Crippen LogP contribution in [0, 0.1) is 0 Å². The first-order valence-electron chi connectivity index (χ1n) is 7.51. The minimum Gasteiger partial charge on any atom is -0.493 e. The van der Waals surface area contributed by atoms with Crippen LogP contribution >= 0.6 is 27.5 Å². The summed E-state index contributed by atoms with van der Waals surface area (Å²) in [5, 5.41) is 11.9. The molecule has 1 amide bonds. The molecule has 0 unspecified atom stereocenters. The fraction of sp³-hybridized carbons (Fsp3) is 0.222. The van der Waals surface area contributed by atoms with Gasteiger partial charge < -0.3 is 19.9 Å². The van der Waals surface area contributed by atoms with E-state index in [1.807, 2.05) is 0 Å². The Labute approximate surface area is 164 Å². The van der Waals surface area contributed by atoms with Gasteiger partial charge in [0.2, 0.25) is 0 Å². The third-order valence-corrected chi connectivity index (χ3v) is 4.29. The number of carbonyl (C=O) groups is 2. The van der Waals surface area contributed by atoms with Crippen molar-refractivity contribution in [3.05, 3.63) is 51.5 Å². The van der Waals surface area contributed by atoms with Gasteiger partial charge in [0, 0.05) is 4.47 Å². The van der Waals surface area contributed by atoms with Gasteiger partial charge in [-0.1, -0.05) is 27.5 Å². The number of halogens is 2. The van der Waals surface area contributed by atoms with Gasteiger partial charge >= 0.3 is 5.97 Å². The number of ether oxygens (including phenoxy) is 2. The summed E-state index contributed by atoms with van der Waals surface area (Å²) in [6, 6.07) is 9.57. The third kappa shape index (κ3) is 4.68. The minimum atomic E-state index is -1.23. The second-order valence-corrected chi connectivity index (χ2v) is 7.19. The number of carboxylic acid groups (broad SMARTS) is 1. The predicted octanol–water partition coefficient (Wildman–Crippen LogP) is 4.61. The van der Waals surface area contributed by atoms with Crippen molar-refractivity contribution >= 4 is 45.1 Å². The second kappa shape index (κ2) is 7.97. The van der Waals surface area contributed by atoms with Crippen LogP contribution in [0.25, 0.3) is 0 Å². The molecule has 6 nitrogen and oxygen atoms in total. The normalized spacial score (nSPS) is 11.0. The highest BCUT2D eigenvalue weighted by Gasteiger charge is 2.31. The van der Waals surface area contributed by atoms with E-state index < -0.39 is 17.5 Å². The van der Waals surface area contributed by atoms with Crippen molar-refractivity contribution in [3.63, 3.8) is 0 Å². The number of carboxylic acids is 1. The van der Waals surface area contributed by atoms with E-state index in [0.29, 0.717) is 5.75 Å². The maximum Gasteiger partial charge on any atom is 0.335 e. The summed E-state index contributed by atoms with van der Waals surface area (Å²) in [5.41, 5.74) is -1.16. The smallest absolute Gasteiger partial charge is 0.335 e. The van der Waals surface area contributed by atoms with Gasteiger partial charge in [-0.15, -0.1) is 0 Å². The number of aromatic carboxylic acids is 1. The van der Waals surface area contributed by atoms with Gasteiger partial charge in [-0.2, -0.15) is 0 Å². The molecular weight excluding hydrogens is 426 g/mol. The molecule has 0 aliphatic heterocycles. The molecule has 0 bridgehead atoms. The Morgan fingerprint density at radius 3 is 2.35 bits per heavy atom. The van der Waals surface area contributed by atoms with E-state index in [0.717, 1.165) is 4.47 Å². The summed E-state index contributed by atoms with van der Waals surface area (Å²) in [6.45, 7) is 3.19. The van der Waals surface area contributed by atoms with Crippen LogP contribution in [0.4, 0.5) is 5.69 Å². The third-order valence-electron chi connectivity index (χ3n) is 3.48. The zero-order valence-corrected chi connectivity index (χ0v) is 16.6. The van der Waals surface area contributed by atoms with Crippen LogP contribution in [0.2, 0.25) is 5.02 Å². The first-order chi connectivity index (χ1) is 12.1. The van der Waals surface area contributed by atoms with Gasteiger partial charge in [0.1, 0.15) is 5.75 Å². The molecule has 0 radical (unpaired) electrons. The van der Waals surface area contributed by atoms with E-state index in [1.165, 1.54) is 19.2 Å². The summed E-state index contributed by atoms with van der Waals surface area (Å²) < 4.78 is 11.8. The molecule has 0 aliphatic carbocycles. The number of rotatable bonds is 6. The van der Waals surface area contributed by atoms with Crippen LogP contribution in [0.3, 0.4) is 0 Å². The molecule has 0 saturated heterocycles. The van der Waals surface area contributed by atoms with Crippen LogP contribution in [0.1, 0.15) is 24.2 Å². The average molecular weight is 443 g/mol.